The van der Waals surface area contributed by atoms with Crippen molar-refractivity contribution in [2.45, 2.75) is 0 Å². The van der Waals surface area contributed by atoms with Gasteiger partial charge in [-0.1, -0.05) is 11.8 Å². The van der Waals surface area contributed by atoms with Crippen LogP contribution >= 0.6 is 0 Å². The number of carbonyl (C=O) groups is 1. The number of ether oxygens (including phenoxy) is 1. The van der Waals surface area contributed by atoms with Crippen LogP contribution in [0.25, 0.3) is 18.2 Å². The van der Waals surface area contributed by atoms with Gasteiger partial charge in [0.2, 0.25) is 0 Å². The van der Waals surface area contributed by atoms with Gasteiger partial charge in [-0.3, -0.25) is 0 Å². The van der Waals surface area contributed by atoms with Gasteiger partial charge in [0, 0.05) is 17.3 Å². The molecule has 0 aromatic heterocycles. The first-order chi connectivity index (χ1) is 9.11. The third-order valence-electron chi connectivity index (χ3n) is 2.74. The van der Waals surface area contributed by atoms with E-state index < -0.39 is 5.97 Å². The van der Waals surface area contributed by atoms with E-state index in [2.05, 4.69) is 5.73 Å². The number of rotatable bonds is 3. The molecule has 19 heavy (non-hydrogen) atoms. The fourth-order valence-corrected chi connectivity index (χ4v) is 1.80. The van der Waals surface area contributed by atoms with Crippen LogP contribution < -0.4 is 5.73 Å². The van der Waals surface area contributed by atoms with Gasteiger partial charge in [0.15, 0.2) is 5.76 Å². The number of methoxy groups -OCH3 is 1. The van der Waals surface area contributed by atoms with Crippen LogP contribution in [0.3, 0.4) is 0 Å². The molecule has 0 saturated heterocycles. The van der Waals surface area contributed by atoms with Crippen LogP contribution in [0.2, 0.25) is 0 Å². The van der Waals surface area contributed by atoms with Crippen molar-refractivity contribution in [3.8, 4) is 0 Å². The predicted octanol–water partition coefficient (Wildman–Crippen LogP) is 2.54. The van der Waals surface area contributed by atoms with E-state index in [-0.39, 0.29) is 0 Å². The molecule has 4 heteroatoms. The average Bonchev–Trinajstić information content (AvgIpc) is 2.61. The normalized spacial score (nSPS) is 13.0. The lowest BCUT2D eigenvalue weighted by Crippen LogP contribution is -1.95. The van der Waals surface area contributed by atoms with Crippen LogP contribution in [0.1, 0.15) is 16.7 Å². The van der Waals surface area contributed by atoms with Crippen molar-refractivity contribution < 1.29 is 14.6 Å². The fraction of sp³-hybridized carbons (Fsp3) is 0.0667. The minimum Gasteiger partial charge on any atom is -0.489 e. The number of nitrogen functional groups attached to an aromatic ring is 1. The Morgan fingerprint density at radius 1 is 1.37 bits per heavy atom. The Morgan fingerprint density at radius 3 is 2.84 bits per heavy atom. The summed E-state index contributed by atoms with van der Waals surface area (Å²) in [5, 5.41) is 8.70. The van der Waals surface area contributed by atoms with Crippen LogP contribution in [0, 0.1) is 0 Å². The number of benzene rings is 1. The first-order valence-corrected chi connectivity index (χ1v) is 5.64. The summed E-state index contributed by atoms with van der Waals surface area (Å²) in [6.07, 6.45) is 7.97. The maximum atomic E-state index is 10.6. The van der Waals surface area contributed by atoms with Crippen LogP contribution in [-0.2, 0) is 9.53 Å². The Balaban J connectivity index is 2.57. The molecule has 0 atom stereocenters. The molecule has 0 unspecified atom stereocenters. The molecule has 0 bridgehead atoms. The number of hydrogen-bond donors (Lipinski definition) is 2. The topological polar surface area (TPSA) is 72.5 Å². The van der Waals surface area contributed by atoms with Gasteiger partial charge in [0.05, 0.1) is 7.11 Å². The Hall–Kier alpha value is -2.71. The first kappa shape index (κ1) is 12.7. The SMILES string of the molecule is COC1=C=Cc2c(N)ccc(/C=C/C(=O)O)c2C=C1. The minimum absolute atomic E-state index is 0.587. The number of nitrogens with two attached hydrogens (primary N) is 1. The van der Waals surface area contributed by atoms with Crippen molar-refractivity contribution in [1.29, 1.82) is 0 Å². The maximum Gasteiger partial charge on any atom is 0.328 e. The second kappa shape index (κ2) is 5.29. The molecule has 0 radical (unpaired) electrons. The highest BCUT2D eigenvalue weighted by Gasteiger charge is 2.08. The van der Waals surface area contributed by atoms with Gasteiger partial charge >= 0.3 is 5.97 Å². The molecule has 3 N–H and O–H groups in total. The Labute approximate surface area is 110 Å². The molecule has 0 fully saturated rings. The summed E-state index contributed by atoms with van der Waals surface area (Å²) < 4.78 is 5.11. The maximum absolute atomic E-state index is 10.6. The summed E-state index contributed by atoms with van der Waals surface area (Å²) in [6, 6.07) is 3.52. The van der Waals surface area contributed by atoms with Crippen LogP contribution in [0.15, 0.2) is 35.8 Å². The molecule has 1 aliphatic carbocycles. The molecule has 0 aliphatic heterocycles. The molecule has 1 aromatic rings. The van der Waals surface area contributed by atoms with Crippen LogP contribution in [0.5, 0.6) is 0 Å². The zero-order valence-electron chi connectivity index (χ0n) is 10.4. The average molecular weight is 255 g/mol. The molecular weight excluding hydrogens is 242 g/mol. The van der Waals surface area contributed by atoms with Crippen molar-refractivity contribution >= 4 is 29.9 Å². The highest BCUT2D eigenvalue weighted by Crippen LogP contribution is 2.27. The summed E-state index contributed by atoms with van der Waals surface area (Å²) in [4.78, 5) is 10.6. The first-order valence-electron chi connectivity index (χ1n) is 5.64. The molecule has 96 valence electrons. The molecule has 1 aliphatic rings. The van der Waals surface area contributed by atoms with Gasteiger partial charge in [-0.2, -0.15) is 0 Å². The number of anilines is 1. The number of hydrogen-bond acceptors (Lipinski definition) is 3. The standard InChI is InChI=1S/C15H13NO3/c1-19-11-4-6-12-10(3-9-15(17)18)2-8-14(16)13(12)7-5-11/h2-4,6-9H,16H2,1H3,(H,17,18)/b9-3+. The molecular formula is C15H13NO3. The van der Waals surface area contributed by atoms with Crippen molar-refractivity contribution in [2.75, 3.05) is 12.8 Å². The van der Waals surface area contributed by atoms with Crippen molar-refractivity contribution in [3.63, 3.8) is 0 Å². The number of allylic oxidation sites excluding steroid dienone is 1. The smallest absolute Gasteiger partial charge is 0.328 e. The van der Waals surface area contributed by atoms with Gasteiger partial charge in [-0.15, -0.1) is 0 Å². The highest BCUT2D eigenvalue weighted by atomic mass is 16.5. The van der Waals surface area contributed by atoms with Gasteiger partial charge in [-0.25, -0.2) is 4.79 Å². The monoisotopic (exact) mass is 255 g/mol. The van der Waals surface area contributed by atoms with Crippen molar-refractivity contribution in [3.05, 3.63) is 52.5 Å². The molecule has 2 rings (SSSR count). The molecule has 0 amide bonds. The van der Waals surface area contributed by atoms with E-state index >= 15 is 0 Å². The molecule has 0 spiro atoms. The van der Waals surface area contributed by atoms with E-state index in [4.69, 9.17) is 15.6 Å². The number of carboxylic acid groups (broad SMARTS) is 1. The molecule has 1 aromatic carbocycles. The number of fused-ring (bicyclic) bond motifs is 1. The summed E-state index contributed by atoms with van der Waals surface area (Å²) in [6.45, 7) is 0. The van der Waals surface area contributed by atoms with E-state index in [9.17, 15) is 4.79 Å². The fourth-order valence-electron chi connectivity index (χ4n) is 1.80. The number of aliphatic carboxylic acids is 1. The summed E-state index contributed by atoms with van der Waals surface area (Å²) in [5.41, 5.74) is 11.9. The van der Waals surface area contributed by atoms with Crippen LogP contribution in [-0.4, -0.2) is 18.2 Å². The largest absolute Gasteiger partial charge is 0.489 e. The van der Waals surface area contributed by atoms with Crippen molar-refractivity contribution in [2.24, 2.45) is 0 Å². The van der Waals surface area contributed by atoms with Gasteiger partial charge in [0.1, 0.15) is 0 Å². The zero-order chi connectivity index (χ0) is 13.8. The second-order valence-corrected chi connectivity index (χ2v) is 3.93. The Kier molecular flexibility index (Phi) is 3.55. The lowest BCUT2D eigenvalue weighted by Gasteiger charge is -2.08. The summed E-state index contributed by atoms with van der Waals surface area (Å²) >= 11 is 0. The van der Waals surface area contributed by atoms with Crippen LogP contribution in [0.4, 0.5) is 5.69 Å². The van der Waals surface area contributed by atoms with Gasteiger partial charge in [-0.05, 0) is 41.5 Å². The minimum atomic E-state index is -0.991. The third kappa shape index (κ3) is 2.76. The third-order valence-corrected chi connectivity index (χ3v) is 2.74. The molecule has 0 saturated carbocycles. The van der Waals surface area contributed by atoms with E-state index in [1.165, 1.54) is 6.08 Å². The lowest BCUT2D eigenvalue weighted by molar-refractivity contribution is -0.131. The predicted molar refractivity (Wildman–Crippen MR) is 75.1 cm³/mol. The summed E-state index contributed by atoms with van der Waals surface area (Å²) in [7, 11) is 1.56. The van der Waals surface area contributed by atoms with Gasteiger partial charge < -0.3 is 15.6 Å². The van der Waals surface area contributed by atoms with E-state index in [1.54, 1.807) is 31.4 Å². The van der Waals surface area contributed by atoms with E-state index in [0.717, 1.165) is 22.8 Å². The van der Waals surface area contributed by atoms with E-state index in [1.807, 2.05) is 6.08 Å². The highest BCUT2D eigenvalue weighted by molar-refractivity contribution is 5.88. The second-order valence-electron chi connectivity index (χ2n) is 3.93. The Morgan fingerprint density at radius 2 is 2.16 bits per heavy atom. The quantitative estimate of drug-likeness (QED) is 0.494. The summed E-state index contributed by atoms with van der Waals surface area (Å²) in [5.74, 6) is -0.404. The molecule has 4 nitrogen and oxygen atoms in total. The zero-order valence-corrected chi connectivity index (χ0v) is 10.4. The van der Waals surface area contributed by atoms with Gasteiger partial charge in [0.25, 0.3) is 0 Å². The number of carboxylic acids is 1. The van der Waals surface area contributed by atoms with E-state index in [0.29, 0.717) is 11.4 Å². The molecule has 0 heterocycles. The Bertz CT molecular complexity index is 648. The van der Waals surface area contributed by atoms with Crippen molar-refractivity contribution in [1.82, 2.24) is 0 Å². The lowest BCUT2D eigenvalue weighted by atomic mass is 9.98.